The molecule has 41 heavy (non-hydrogen) atoms. The molecule has 1 aliphatic heterocycles. The highest BCUT2D eigenvalue weighted by molar-refractivity contribution is 9.10. The third-order valence-corrected chi connectivity index (χ3v) is 6.92. The molecule has 1 atom stereocenters. The van der Waals surface area contributed by atoms with Gasteiger partial charge < -0.3 is 19.5 Å². The summed E-state index contributed by atoms with van der Waals surface area (Å²) in [6.45, 7) is 4.28. The number of nitrogens with zero attached hydrogens (tertiary/aromatic N) is 1. The largest absolute Gasteiger partial charge is 0.497 e. The fourth-order valence-electron chi connectivity index (χ4n) is 4.40. The van der Waals surface area contributed by atoms with Gasteiger partial charge >= 0.3 is 0 Å². The van der Waals surface area contributed by atoms with Gasteiger partial charge in [0, 0.05) is 21.3 Å². The molecular weight excluding hydrogens is 586 g/mol. The predicted octanol–water partition coefficient (Wildman–Crippen LogP) is 6.51. The minimum absolute atomic E-state index is 0.283. The maximum atomic E-state index is 13.8. The molecule has 2 amide bonds. The Morgan fingerprint density at radius 1 is 1.00 bits per heavy atom. The van der Waals surface area contributed by atoms with E-state index in [0.29, 0.717) is 40.5 Å². The van der Waals surface area contributed by atoms with Crippen molar-refractivity contribution in [2.45, 2.75) is 12.8 Å². The first-order valence-corrected chi connectivity index (χ1v) is 13.6. The first-order valence-electron chi connectivity index (χ1n) is 12.9. The standard InChI is InChI=1S/C32H28BrN3O5/c1-3-17-40-24-14-11-22(12-15-24)31(37)35-36-30(34-28-16-13-23(33)19-27(28)32(36)38)26-9-4-5-10-29(26)41-20-21-7-6-8-25(18-21)39-2/h3-16,18-19,30,34H,1,17,20H2,2H3,(H,35,37)/t30-/m1/s1. The van der Waals surface area contributed by atoms with Crippen LogP contribution in [-0.2, 0) is 6.61 Å². The summed E-state index contributed by atoms with van der Waals surface area (Å²) in [5, 5.41) is 4.71. The molecule has 0 unspecified atom stereocenters. The molecule has 0 bridgehead atoms. The van der Waals surface area contributed by atoms with E-state index in [1.54, 1.807) is 43.5 Å². The Hall–Kier alpha value is -4.76. The zero-order valence-corrected chi connectivity index (χ0v) is 23.9. The van der Waals surface area contributed by atoms with E-state index in [0.717, 1.165) is 15.8 Å². The van der Waals surface area contributed by atoms with E-state index in [1.807, 2.05) is 60.7 Å². The van der Waals surface area contributed by atoms with Crippen molar-refractivity contribution in [3.8, 4) is 17.2 Å². The number of benzene rings is 4. The van der Waals surface area contributed by atoms with Crippen molar-refractivity contribution in [2.75, 3.05) is 19.0 Å². The summed E-state index contributed by atoms with van der Waals surface area (Å²) < 4.78 is 17.8. The first kappa shape index (κ1) is 27.8. The van der Waals surface area contributed by atoms with Crippen LogP contribution in [0.25, 0.3) is 0 Å². The monoisotopic (exact) mass is 613 g/mol. The van der Waals surface area contributed by atoms with Gasteiger partial charge in [-0.05, 0) is 66.2 Å². The Balaban J connectivity index is 1.45. The highest BCUT2D eigenvalue weighted by Crippen LogP contribution is 2.37. The van der Waals surface area contributed by atoms with Gasteiger partial charge in [0.25, 0.3) is 11.8 Å². The fraction of sp³-hybridized carbons (Fsp3) is 0.125. The number of amides is 2. The molecule has 0 saturated heterocycles. The molecule has 0 aliphatic carbocycles. The molecule has 2 N–H and O–H groups in total. The molecule has 208 valence electrons. The van der Waals surface area contributed by atoms with Crippen LogP contribution < -0.4 is 25.0 Å². The Morgan fingerprint density at radius 3 is 2.59 bits per heavy atom. The fourth-order valence-corrected chi connectivity index (χ4v) is 4.76. The summed E-state index contributed by atoms with van der Waals surface area (Å²) in [4.78, 5) is 27.2. The van der Waals surface area contributed by atoms with Crippen molar-refractivity contribution in [3.05, 3.63) is 130 Å². The number of fused-ring (bicyclic) bond motifs is 1. The van der Waals surface area contributed by atoms with Gasteiger partial charge in [-0.25, -0.2) is 5.01 Å². The van der Waals surface area contributed by atoms with Gasteiger partial charge in [-0.3, -0.25) is 15.0 Å². The number of carbonyl (C=O) groups excluding carboxylic acids is 2. The summed E-state index contributed by atoms with van der Waals surface area (Å²) >= 11 is 3.44. The number of hydrazine groups is 1. The Bertz CT molecular complexity index is 1570. The summed E-state index contributed by atoms with van der Waals surface area (Å²) in [7, 11) is 1.62. The summed E-state index contributed by atoms with van der Waals surface area (Å²) in [5.74, 6) is 1.08. The zero-order chi connectivity index (χ0) is 28.8. The third-order valence-electron chi connectivity index (χ3n) is 6.43. The highest BCUT2D eigenvalue weighted by Gasteiger charge is 2.36. The summed E-state index contributed by atoms with van der Waals surface area (Å²) in [5.41, 5.74) is 5.83. The van der Waals surface area contributed by atoms with Crippen molar-refractivity contribution in [1.29, 1.82) is 0 Å². The van der Waals surface area contributed by atoms with E-state index in [9.17, 15) is 9.59 Å². The second kappa shape index (κ2) is 12.6. The van der Waals surface area contributed by atoms with Gasteiger partial charge in [-0.15, -0.1) is 0 Å². The average molecular weight is 614 g/mol. The lowest BCUT2D eigenvalue weighted by Crippen LogP contribution is -2.53. The van der Waals surface area contributed by atoms with Crippen LogP contribution in [0.3, 0.4) is 0 Å². The normalized spacial score (nSPS) is 14.0. The summed E-state index contributed by atoms with van der Waals surface area (Å²) in [6, 6.07) is 27.1. The number of hydrogen-bond acceptors (Lipinski definition) is 6. The van der Waals surface area contributed by atoms with E-state index >= 15 is 0 Å². The molecule has 0 aromatic heterocycles. The highest BCUT2D eigenvalue weighted by atomic mass is 79.9. The molecule has 8 nitrogen and oxygen atoms in total. The van der Waals surface area contributed by atoms with Crippen LogP contribution in [0.2, 0.25) is 0 Å². The molecule has 0 spiro atoms. The molecule has 1 heterocycles. The van der Waals surface area contributed by atoms with Gasteiger partial charge in [0.1, 0.15) is 30.5 Å². The number of hydrogen-bond donors (Lipinski definition) is 2. The lowest BCUT2D eigenvalue weighted by Gasteiger charge is -2.38. The first-order chi connectivity index (χ1) is 20.0. The van der Waals surface area contributed by atoms with Gasteiger partial charge in [0.2, 0.25) is 0 Å². The van der Waals surface area contributed by atoms with Crippen LogP contribution in [-0.4, -0.2) is 30.5 Å². The maximum Gasteiger partial charge on any atom is 0.276 e. The predicted molar refractivity (Wildman–Crippen MR) is 160 cm³/mol. The van der Waals surface area contributed by atoms with Crippen molar-refractivity contribution in [1.82, 2.24) is 10.4 Å². The number of rotatable bonds is 10. The minimum atomic E-state index is -0.753. The number of para-hydroxylation sites is 1. The van der Waals surface area contributed by atoms with Gasteiger partial charge in [-0.2, -0.15) is 0 Å². The van der Waals surface area contributed by atoms with Crippen LogP contribution in [0.5, 0.6) is 17.2 Å². The van der Waals surface area contributed by atoms with Crippen LogP contribution in [0.1, 0.15) is 38.0 Å². The maximum absolute atomic E-state index is 13.8. The SMILES string of the molecule is C=CCOc1ccc(C(=O)NN2C(=O)c3cc(Br)ccc3N[C@H]2c2ccccc2OCc2cccc(OC)c2)cc1. The Morgan fingerprint density at radius 2 is 1.80 bits per heavy atom. The zero-order valence-electron chi connectivity index (χ0n) is 22.3. The molecule has 1 aliphatic rings. The quantitative estimate of drug-likeness (QED) is 0.198. The van der Waals surface area contributed by atoms with Crippen molar-refractivity contribution >= 4 is 33.4 Å². The minimum Gasteiger partial charge on any atom is -0.497 e. The molecule has 4 aromatic rings. The van der Waals surface area contributed by atoms with Crippen molar-refractivity contribution in [3.63, 3.8) is 0 Å². The second-order valence-electron chi connectivity index (χ2n) is 9.15. The second-order valence-corrected chi connectivity index (χ2v) is 10.1. The molecule has 9 heteroatoms. The number of halogens is 1. The van der Waals surface area contributed by atoms with E-state index < -0.39 is 12.1 Å². The molecule has 0 fully saturated rings. The van der Waals surface area contributed by atoms with Gasteiger partial charge in [0.05, 0.1) is 12.7 Å². The molecule has 5 rings (SSSR count). The van der Waals surface area contributed by atoms with Crippen LogP contribution in [0.15, 0.2) is 108 Å². The molecule has 0 saturated carbocycles. The van der Waals surface area contributed by atoms with E-state index in [-0.39, 0.29) is 12.5 Å². The van der Waals surface area contributed by atoms with E-state index in [4.69, 9.17) is 14.2 Å². The van der Waals surface area contributed by atoms with Crippen LogP contribution in [0, 0.1) is 0 Å². The Labute approximate surface area is 246 Å². The molecular formula is C32H28BrN3O5. The lowest BCUT2D eigenvalue weighted by atomic mass is 10.0. The van der Waals surface area contributed by atoms with Gasteiger partial charge in [0.15, 0.2) is 6.17 Å². The number of nitrogens with one attached hydrogen (secondary N) is 2. The average Bonchev–Trinajstić information content (AvgIpc) is 3.01. The van der Waals surface area contributed by atoms with Crippen LogP contribution in [0.4, 0.5) is 5.69 Å². The van der Waals surface area contributed by atoms with Gasteiger partial charge in [-0.1, -0.05) is 58.9 Å². The van der Waals surface area contributed by atoms with Crippen molar-refractivity contribution in [2.24, 2.45) is 0 Å². The number of ether oxygens (including phenoxy) is 3. The lowest BCUT2D eigenvalue weighted by molar-refractivity contribution is 0.0487. The van der Waals surface area contributed by atoms with Crippen LogP contribution >= 0.6 is 15.9 Å². The number of methoxy groups -OCH3 is 1. The van der Waals surface area contributed by atoms with E-state index in [1.165, 1.54) is 5.01 Å². The van der Waals surface area contributed by atoms with E-state index in [2.05, 4.69) is 33.3 Å². The summed E-state index contributed by atoms with van der Waals surface area (Å²) in [6.07, 6.45) is 0.890. The molecule has 0 radical (unpaired) electrons. The molecule has 4 aromatic carbocycles. The smallest absolute Gasteiger partial charge is 0.276 e. The topological polar surface area (TPSA) is 89.1 Å². The Kier molecular flexibility index (Phi) is 8.55. The number of carbonyl (C=O) groups is 2. The number of anilines is 1. The van der Waals surface area contributed by atoms with Crippen molar-refractivity contribution < 1.29 is 23.8 Å². The third kappa shape index (κ3) is 6.36.